The summed E-state index contributed by atoms with van der Waals surface area (Å²) in [7, 11) is 1.43. The van der Waals surface area contributed by atoms with E-state index in [1.165, 1.54) is 19.2 Å². The van der Waals surface area contributed by atoms with Gasteiger partial charge < -0.3 is 25.2 Å². The van der Waals surface area contributed by atoms with Crippen molar-refractivity contribution in [2.45, 2.75) is 36.9 Å². The maximum atomic E-state index is 14.0. The van der Waals surface area contributed by atoms with Crippen LogP contribution in [0.4, 0.5) is 32.8 Å². The SMILES string of the molecule is CNC(=O)Nc1ccc2c(c1)CC[C@]21OC(=O)N(CC(=O)N2Cc3cc(F)ccc3OCC2(O)C(F)(F)F)C1=O. The molecule has 2 aliphatic heterocycles. The molecule has 0 saturated carbocycles. The summed E-state index contributed by atoms with van der Waals surface area (Å²) in [5, 5.41) is 15.6. The Kier molecular flexibility index (Phi) is 6.36. The molecule has 5 amide bonds. The van der Waals surface area contributed by atoms with Gasteiger partial charge in [-0.15, -0.1) is 0 Å². The van der Waals surface area contributed by atoms with Crippen molar-refractivity contribution in [3.63, 3.8) is 0 Å². The van der Waals surface area contributed by atoms with E-state index in [2.05, 4.69) is 10.6 Å². The highest BCUT2D eigenvalue weighted by atomic mass is 19.4. The van der Waals surface area contributed by atoms with Crippen LogP contribution >= 0.6 is 0 Å². The van der Waals surface area contributed by atoms with Gasteiger partial charge in [0.1, 0.15) is 24.7 Å². The molecule has 15 heteroatoms. The van der Waals surface area contributed by atoms with E-state index in [1.807, 2.05) is 0 Å². The van der Waals surface area contributed by atoms with Gasteiger partial charge in [0.05, 0.1) is 6.54 Å². The Hall–Kier alpha value is -4.40. The van der Waals surface area contributed by atoms with Gasteiger partial charge in [-0.3, -0.25) is 14.5 Å². The standard InChI is InChI=1S/C25H22F4N4O7/c1-30-21(36)31-16-3-4-17-13(9-16)6-7-23(17)20(35)32(22(37)40-23)11-19(34)33-10-14-8-15(26)2-5-18(14)39-12-24(33,38)25(27,28)29/h2-5,8-9,38H,6-7,10-12H2,1H3,(H2,30,31,36)/t23-,24?/m0/s1. The number of hydrogen-bond acceptors (Lipinski definition) is 7. The first kappa shape index (κ1) is 27.2. The number of rotatable bonds is 3. The summed E-state index contributed by atoms with van der Waals surface area (Å²) in [4.78, 5) is 51.5. The van der Waals surface area contributed by atoms with Gasteiger partial charge in [-0.25, -0.2) is 18.9 Å². The number of aliphatic hydroxyl groups is 1. The van der Waals surface area contributed by atoms with Gasteiger partial charge in [0.2, 0.25) is 11.5 Å². The van der Waals surface area contributed by atoms with Crippen LogP contribution in [-0.4, -0.2) is 70.9 Å². The summed E-state index contributed by atoms with van der Waals surface area (Å²) >= 11 is 0. The number of amides is 5. The van der Waals surface area contributed by atoms with Crippen molar-refractivity contribution in [2.24, 2.45) is 0 Å². The van der Waals surface area contributed by atoms with Crippen LogP contribution in [-0.2, 0) is 32.9 Å². The molecule has 5 rings (SSSR count). The predicted molar refractivity (Wildman–Crippen MR) is 126 cm³/mol. The molecule has 1 spiro atoms. The number of alkyl halides is 3. The van der Waals surface area contributed by atoms with Crippen LogP contribution < -0.4 is 15.4 Å². The fourth-order valence-corrected chi connectivity index (χ4v) is 5.04. The number of imide groups is 1. The number of halogens is 4. The number of benzene rings is 2. The van der Waals surface area contributed by atoms with Crippen molar-refractivity contribution in [3.8, 4) is 5.75 Å². The second kappa shape index (κ2) is 9.36. The molecular weight excluding hydrogens is 544 g/mol. The van der Waals surface area contributed by atoms with Crippen LogP contribution in [0.3, 0.4) is 0 Å². The van der Waals surface area contributed by atoms with E-state index in [0.717, 1.165) is 18.2 Å². The first-order valence-corrected chi connectivity index (χ1v) is 12.0. The van der Waals surface area contributed by atoms with Gasteiger partial charge in [0.25, 0.3) is 11.6 Å². The van der Waals surface area contributed by atoms with E-state index in [9.17, 15) is 41.8 Å². The molecule has 11 nitrogen and oxygen atoms in total. The minimum atomic E-state index is -5.41. The molecule has 2 aromatic rings. The molecule has 0 aromatic heterocycles. The zero-order valence-corrected chi connectivity index (χ0v) is 20.8. The Morgan fingerprint density at radius 1 is 1.12 bits per heavy atom. The summed E-state index contributed by atoms with van der Waals surface area (Å²) in [6.45, 7) is -3.54. The Morgan fingerprint density at radius 2 is 1.88 bits per heavy atom. The maximum absolute atomic E-state index is 14.0. The van der Waals surface area contributed by atoms with Crippen molar-refractivity contribution in [1.82, 2.24) is 15.1 Å². The van der Waals surface area contributed by atoms with Crippen LogP contribution in [0.15, 0.2) is 36.4 Å². The number of aryl methyl sites for hydroxylation is 1. The summed E-state index contributed by atoms with van der Waals surface area (Å²) < 4.78 is 66.4. The molecule has 2 aromatic carbocycles. The summed E-state index contributed by atoms with van der Waals surface area (Å²) in [6, 6.07) is 6.92. The minimum absolute atomic E-state index is 0.00226. The van der Waals surface area contributed by atoms with Crippen molar-refractivity contribution < 1.29 is 51.3 Å². The van der Waals surface area contributed by atoms with Crippen molar-refractivity contribution >= 4 is 29.6 Å². The monoisotopic (exact) mass is 566 g/mol. The summed E-state index contributed by atoms with van der Waals surface area (Å²) in [6.07, 6.45) is -6.41. The van der Waals surface area contributed by atoms with Gasteiger partial charge in [0, 0.05) is 30.3 Å². The minimum Gasteiger partial charge on any atom is -0.488 e. The van der Waals surface area contributed by atoms with E-state index in [-0.39, 0.29) is 29.1 Å². The van der Waals surface area contributed by atoms with Crippen LogP contribution in [0.5, 0.6) is 5.75 Å². The number of carbonyl (C=O) groups is 4. The second-order valence-electron chi connectivity index (χ2n) is 9.50. The second-order valence-corrected chi connectivity index (χ2v) is 9.50. The molecule has 3 N–H and O–H groups in total. The Bertz CT molecular complexity index is 1430. The number of hydrogen-bond donors (Lipinski definition) is 3. The number of carbonyl (C=O) groups excluding carboxylic acids is 4. The van der Waals surface area contributed by atoms with Crippen LogP contribution in [0.2, 0.25) is 0 Å². The fourth-order valence-electron chi connectivity index (χ4n) is 5.04. The zero-order valence-electron chi connectivity index (χ0n) is 20.8. The summed E-state index contributed by atoms with van der Waals surface area (Å²) in [5.74, 6) is -3.42. The first-order valence-electron chi connectivity index (χ1n) is 12.0. The van der Waals surface area contributed by atoms with Gasteiger partial charge in [-0.05, 0) is 42.3 Å². The van der Waals surface area contributed by atoms with Crippen molar-refractivity contribution in [2.75, 3.05) is 25.5 Å². The van der Waals surface area contributed by atoms with E-state index >= 15 is 0 Å². The molecule has 0 bridgehead atoms. The topological polar surface area (TPSA) is 138 Å². The predicted octanol–water partition coefficient (Wildman–Crippen LogP) is 2.37. The number of urea groups is 1. The smallest absolute Gasteiger partial charge is 0.440 e. The molecule has 2 heterocycles. The first-order chi connectivity index (χ1) is 18.8. The molecule has 1 unspecified atom stereocenters. The highest BCUT2D eigenvalue weighted by molar-refractivity contribution is 6.06. The van der Waals surface area contributed by atoms with Gasteiger partial charge >= 0.3 is 18.3 Å². The molecule has 0 radical (unpaired) electrons. The largest absolute Gasteiger partial charge is 0.488 e. The van der Waals surface area contributed by atoms with Crippen LogP contribution in [0.1, 0.15) is 23.1 Å². The Morgan fingerprint density at radius 3 is 2.58 bits per heavy atom. The van der Waals surface area contributed by atoms with E-state index in [1.54, 1.807) is 6.07 Å². The number of fused-ring (bicyclic) bond motifs is 3. The molecule has 1 fully saturated rings. The molecule has 1 saturated heterocycles. The molecule has 1 aliphatic carbocycles. The van der Waals surface area contributed by atoms with Crippen LogP contribution in [0.25, 0.3) is 0 Å². The maximum Gasteiger partial charge on any atom is 0.440 e. The lowest BCUT2D eigenvalue weighted by Gasteiger charge is -2.38. The van der Waals surface area contributed by atoms with Crippen LogP contribution in [0, 0.1) is 5.82 Å². The van der Waals surface area contributed by atoms with Crippen molar-refractivity contribution in [3.05, 3.63) is 58.9 Å². The molecule has 2 atom stereocenters. The molecule has 3 aliphatic rings. The third-order valence-electron chi connectivity index (χ3n) is 7.12. The summed E-state index contributed by atoms with van der Waals surface area (Å²) in [5.41, 5.74) is -4.52. The van der Waals surface area contributed by atoms with Crippen molar-refractivity contribution in [1.29, 1.82) is 0 Å². The highest BCUT2D eigenvalue weighted by Crippen LogP contribution is 2.46. The highest BCUT2D eigenvalue weighted by Gasteiger charge is 2.63. The van der Waals surface area contributed by atoms with Gasteiger partial charge in [0.15, 0.2) is 0 Å². The average Bonchev–Trinajstić information content (AvgIpc) is 3.30. The normalized spacial score (nSPS) is 23.8. The van der Waals surface area contributed by atoms with E-state index in [4.69, 9.17) is 9.47 Å². The lowest BCUT2D eigenvalue weighted by molar-refractivity contribution is -0.317. The molecule has 40 heavy (non-hydrogen) atoms. The Balaban J connectivity index is 1.42. The number of ether oxygens (including phenoxy) is 2. The average molecular weight is 566 g/mol. The third kappa shape index (κ3) is 4.26. The number of nitrogens with zero attached hydrogens (tertiary/aromatic N) is 2. The Labute approximate surface area is 223 Å². The van der Waals surface area contributed by atoms with E-state index < -0.39 is 67.0 Å². The molecular formula is C25H22F4N4O7. The number of nitrogens with one attached hydrogen (secondary N) is 2. The lowest BCUT2D eigenvalue weighted by Crippen LogP contribution is -2.64. The number of anilines is 1. The fraction of sp³-hybridized carbons (Fsp3) is 0.360. The van der Waals surface area contributed by atoms with Gasteiger partial charge in [-0.1, -0.05) is 6.07 Å². The molecule has 212 valence electrons. The zero-order chi connectivity index (χ0) is 29.0. The third-order valence-corrected chi connectivity index (χ3v) is 7.12. The lowest BCUT2D eigenvalue weighted by atomic mass is 9.94. The quantitative estimate of drug-likeness (QED) is 0.485. The van der Waals surface area contributed by atoms with E-state index in [0.29, 0.717) is 21.7 Å². The van der Waals surface area contributed by atoms with Gasteiger partial charge in [-0.2, -0.15) is 13.2 Å².